The molecule has 78 heavy (non-hydrogen) atoms. The van der Waals surface area contributed by atoms with Crippen LogP contribution in [0.2, 0.25) is 0 Å². The summed E-state index contributed by atoms with van der Waals surface area (Å²) in [6, 6.07) is 2.54. The van der Waals surface area contributed by atoms with Crippen LogP contribution in [0.15, 0.2) is 76.7 Å². The number of aromatic amines is 4. The van der Waals surface area contributed by atoms with Crippen molar-refractivity contribution in [3.8, 4) is 0 Å². The highest BCUT2D eigenvalue weighted by Crippen LogP contribution is 2.53. The number of nitrogens with two attached hydrogens (primary N) is 1. The van der Waals surface area contributed by atoms with Gasteiger partial charge in [-0.1, -0.05) is 0 Å². The summed E-state index contributed by atoms with van der Waals surface area (Å²) in [7, 11) is -16.7. The second-order valence-electron chi connectivity index (χ2n) is 17.3. The van der Waals surface area contributed by atoms with E-state index in [0.29, 0.717) is 9.13 Å². The number of hydrogen-bond donors (Lipinski definition) is 13. The summed E-state index contributed by atoms with van der Waals surface area (Å²) in [5.74, 6) is -0.343. The molecule has 0 aromatic carbocycles. The molecule has 39 nitrogen and oxygen atoms in total. The summed E-state index contributed by atoms with van der Waals surface area (Å²) >= 11 is 0. The maximum atomic E-state index is 13.8. The Labute approximate surface area is 428 Å². The van der Waals surface area contributed by atoms with Gasteiger partial charge in [0.15, 0.2) is 36.1 Å². The fraction of sp³-hybridized carbons (Fsp3) is 0.528. The van der Waals surface area contributed by atoms with Gasteiger partial charge in [0.2, 0.25) is 5.95 Å². The standard InChI is InChI=1S/C36H44N11O28P3/c37-33-42-27-19(28(56)43-33)38-11-47(27)30-22(53)20(51)12(70-30)8-67-77(62,63)74-26-15(72-32(24(26)55)46-6-3-18(50)41-36(46)59)10-69-78(64,65)75-25-14(71-31(23(25)54)45-5-2-17(49)40-35(45)58)9-68-76(60,61)73-13-7-66-29(21(13)52)44-4-1-16(48)39-34(44)57/h1-6,11-15,20-26,29-32,51-55H,7-10H2,(H,60,61)(H,62,63)(H,64,65)(H,39,48,57)(H,40,49,58)(H,41,50,59)(H3,37,42,43,56)/t12-,13-,14-,15-,20-,21-,22-,23-,24-,25-,26-,29-,30-,31-,32-/m1/s1. The van der Waals surface area contributed by atoms with Crippen molar-refractivity contribution in [2.24, 2.45) is 0 Å². The van der Waals surface area contributed by atoms with E-state index in [9.17, 15) is 87.5 Å². The number of aliphatic hydroxyl groups is 5. The molecule has 42 heteroatoms. The molecule has 14 N–H and O–H groups in total. The predicted molar refractivity (Wildman–Crippen MR) is 245 cm³/mol. The summed E-state index contributed by atoms with van der Waals surface area (Å²) in [4.78, 5) is 134. The van der Waals surface area contributed by atoms with Gasteiger partial charge in [-0.05, 0) is 0 Å². The molecular formula is C36H44N11O28P3. The third-order valence-corrected chi connectivity index (χ3v) is 15.1. The molecule has 0 amide bonds. The number of ether oxygens (including phenoxy) is 4. The lowest BCUT2D eigenvalue weighted by atomic mass is 10.1. The fourth-order valence-corrected chi connectivity index (χ4v) is 11.4. The van der Waals surface area contributed by atoms with Gasteiger partial charge in [-0.25, -0.2) is 33.1 Å². The van der Waals surface area contributed by atoms with E-state index in [0.717, 1.165) is 52.3 Å². The highest BCUT2D eigenvalue weighted by Gasteiger charge is 2.54. The molecule has 0 aliphatic carbocycles. The first kappa shape index (κ1) is 56.9. The van der Waals surface area contributed by atoms with E-state index in [1.54, 1.807) is 0 Å². The molecule has 0 bridgehead atoms. The van der Waals surface area contributed by atoms with Crippen molar-refractivity contribution >= 4 is 40.6 Å². The van der Waals surface area contributed by atoms with Gasteiger partial charge in [0, 0.05) is 36.8 Å². The van der Waals surface area contributed by atoms with E-state index >= 15 is 0 Å². The average Bonchev–Trinajstić information content (AvgIpc) is 4.28. The predicted octanol–water partition coefficient (Wildman–Crippen LogP) is -7.12. The van der Waals surface area contributed by atoms with Crippen LogP contribution in [0, 0.1) is 0 Å². The van der Waals surface area contributed by atoms with Crippen molar-refractivity contribution in [1.29, 1.82) is 0 Å². The van der Waals surface area contributed by atoms with Crippen LogP contribution in [0.3, 0.4) is 0 Å². The largest absolute Gasteiger partial charge is 0.472 e. The number of imidazole rings is 1. The molecule has 9 rings (SSSR count). The number of anilines is 1. The summed E-state index contributed by atoms with van der Waals surface area (Å²) in [6.07, 6.45) is -25.1. The quantitative estimate of drug-likeness (QED) is 0.0342. The number of H-pyrrole nitrogens is 4. The maximum Gasteiger partial charge on any atom is 0.472 e. The normalized spacial score (nSPS) is 32.5. The van der Waals surface area contributed by atoms with Crippen molar-refractivity contribution < 1.29 is 100.0 Å². The van der Waals surface area contributed by atoms with Gasteiger partial charge in [-0.15, -0.1) is 0 Å². The van der Waals surface area contributed by atoms with Crippen LogP contribution in [0.1, 0.15) is 24.9 Å². The molecule has 18 atom stereocenters. The molecule has 3 unspecified atom stereocenters. The Balaban J connectivity index is 0.897. The number of rotatable bonds is 19. The zero-order valence-electron chi connectivity index (χ0n) is 38.9. The third-order valence-electron chi connectivity index (χ3n) is 12.1. The molecule has 0 saturated carbocycles. The van der Waals surface area contributed by atoms with Crippen molar-refractivity contribution in [3.63, 3.8) is 0 Å². The number of nitrogen functional groups attached to an aromatic ring is 1. The number of phosphoric ester groups is 3. The SMILES string of the molecule is Nc1nc2c(ncn2[C@@H]2O[C@H](COP(=O)(O)O[C@H]3[C@@H](O)[C@H](n4ccc(=O)[nH]c4=O)O[C@@H]3COP(=O)(O)O[C@H]3[C@@H](O)[C@H](n4ccc(=O)[nH]c4=O)O[C@@H]3COP(=O)(O)O[C@@H]3CO[C@@H](n4ccc(=O)[nH]c4=O)[C@@H]3O)[C@@H](O)[C@H]2O)c(=O)[nH]1. The lowest BCUT2D eigenvalue weighted by Gasteiger charge is -2.26. The number of hydrogen-bond acceptors (Lipinski definition) is 28. The van der Waals surface area contributed by atoms with Crippen LogP contribution < -0.4 is 45.0 Å². The highest BCUT2D eigenvalue weighted by atomic mass is 31.2. The highest BCUT2D eigenvalue weighted by molar-refractivity contribution is 7.48. The summed E-state index contributed by atoms with van der Waals surface area (Å²) in [5.41, 5.74) is -1.59. The van der Waals surface area contributed by atoms with Crippen LogP contribution in [-0.2, 0) is 59.8 Å². The van der Waals surface area contributed by atoms with Crippen LogP contribution in [0.4, 0.5) is 5.95 Å². The minimum absolute atomic E-state index is 0.185. The molecule has 4 fully saturated rings. The van der Waals surface area contributed by atoms with E-state index in [2.05, 4.69) is 15.0 Å². The summed E-state index contributed by atoms with van der Waals surface area (Å²) in [6.45, 7) is -4.22. The molecule has 4 aliphatic rings. The van der Waals surface area contributed by atoms with Crippen molar-refractivity contribution in [3.05, 3.63) is 116 Å². The first-order chi connectivity index (χ1) is 36.7. The molecular weight excluding hydrogens is 1130 g/mol. The second kappa shape index (κ2) is 22.0. The summed E-state index contributed by atoms with van der Waals surface area (Å²) in [5, 5.41) is 55.2. The van der Waals surface area contributed by atoms with E-state index < -0.39 is 181 Å². The summed E-state index contributed by atoms with van der Waals surface area (Å²) < 4.78 is 96.5. The zero-order valence-corrected chi connectivity index (χ0v) is 41.6. The van der Waals surface area contributed by atoms with Gasteiger partial charge in [-0.3, -0.25) is 84.5 Å². The Morgan fingerprint density at radius 3 is 1.46 bits per heavy atom. The van der Waals surface area contributed by atoms with Gasteiger partial charge in [0.25, 0.3) is 22.2 Å². The van der Waals surface area contributed by atoms with Crippen LogP contribution >= 0.6 is 23.5 Å². The van der Waals surface area contributed by atoms with Gasteiger partial charge in [0.05, 0.1) is 32.8 Å². The molecule has 426 valence electrons. The third kappa shape index (κ3) is 11.9. The van der Waals surface area contributed by atoms with Crippen LogP contribution in [-0.4, -0.2) is 182 Å². The van der Waals surface area contributed by atoms with E-state index in [-0.39, 0.29) is 17.1 Å². The first-order valence-corrected chi connectivity index (χ1v) is 26.8. The van der Waals surface area contributed by atoms with Crippen LogP contribution in [0.25, 0.3) is 11.2 Å². The van der Waals surface area contributed by atoms with Crippen molar-refractivity contribution in [2.45, 2.75) is 92.1 Å². The first-order valence-electron chi connectivity index (χ1n) is 22.3. The van der Waals surface area contributed by atoms with Crippen molar-refractivity contribution in [1.82, 2.24) is 48.2 Å². The average molecular weight is 1170 g/mol. The maximum absolute atomic E-state index is 13.8. The van der Waals surface area contributed by atoms with Gasteiger partial charge >= 0.3 is 40.5 Å². The van der Waals surface area contributed by atoms with Crippen molar-refractivity contribution in [2.75, 3.05) is 32.2 Å². The monoisotopic (exact) mass is 1170 g/mol. The lowest BCUT2D eigenvalue weighted by molar-refractivity contribution is -0.0643. The van der Waals surface area contributed by atoms with Crippen LogP contribution in [0.5, 0.6) is 0 Å². The number of aromatic nitrogens is 10. The molecule has 4 saturated heterocycles. The minimum Gasteiger partial charge on any atom is -0.387 e. The molecule has 9 heterocycles. The smallest absolute Gasteiger partial charge is 0.387 e. The Morgan fingerprint density at radius 2 is 0.987 bits per heavy atom. The topological polar surface area (TPSA) is 560 Å². The van der Waals surface area contributed by atoms with E-state index in [1.807, 2.05) is 15.0 Å². The Hall–Kier alpha value is -5.84. The number of fused-ring (bicyclic) bond motifs is 1. The van der Waals surface area contributed by atoms with Gasteiger partial charge in [0.1, 0.15) is 67.1 Å². The number of nitrogens with zero attached hydrogens (tertiary/aromatic N) is 6. The number of aliphatic hydroxyl groups excluding tert-OH is 5. The zero-order chi connectivity index (χ0) is 56.3. The lowest BCUT2D eigenvalue weighted by Crippen LogP contribution is -2.39. The minimum atomic E-state index is -5.74. The van der Waals surface area contributed by atoms with E-state index in [1.165, 1.54) is 0 Å². The van der Waals surface area contributed by atoms with Gasteiger partial charge in [-0.2, -0.15) is 4.98 Å². The van der Waals surface area contributed by atoms with Gasteiger partial charge < -0.3 is 64.9 Å². The second-order valence-corrected chi connectivity index (χ2v) is 21.5. The number of phosphoric acid groups is 3. The molecule has 5 aromatic rings. The Bertz CT molecular complexity index is 3640. The fourth-order valence-electron chi connectivity index (χ4n) is 8.52. The van der Waals surface area contributed by atoms with E-state index in [4.69, 9.17) is 51.8 Å². The molecule has 0 spiro atoms. The molecule has 0 radical (unpaired) electrons. The Kier molecular flexibility index (Phi) is 16.0. The molecule has 5 aromatic heterocycles. The Morgan fingerprint density at radius 1 is 0.564 bits per heavy atom. The number of nitrogens with one attached hydrogen (secondary N) is 4. The molecule has 4 aliphatic heterocycles.